The highest BCUT2D eigenvalue weighted by atomic mass is 32.1. The van der Waals surface area contributed by atoms with E-state index in [9.17, 15) is 4.79 Å². The van der Waals surface area contributed by atoms with Crippen molar-refractivity contribution in [3.8, 4) is 0 Å². The van der Waals surface area contributed by atoms with Gasteiger partial charge in [0.1, 0.15) is 5.69 Å². The third-order valence-corrected chi connectivity index (χ3v) is 2.99. The number of ketones is 1. The second-order valence-electron chi connectivity index (χ2n) is 3.49. The van der Waals surface area contributed by atoms with Gasteiger partial charge in [-0.2, -0.15) is 0 Å². The zero-order chi connectivity index (χ0) is 9.80. The molecule has 2 rings (SSSR count). The van der Waals surface area contributed by atoms with Gasteiger partial charge in [-0.1, -0.05) is 0 Å². The van der Waals surface area contributed by atoms with Gasteiger partial charge in [-0.15, -0.1) is 11.3 Å². The summed E-state index contributed by atoms with van der Waals surface area (Å²) < 4.78 is 5.50. The van der Waals surface area contributed by atoms with Crippen LogP contribution in [0.15, 0.2) is 10.9 Å². The smallest absolute Gasteiger partial charge is 0.184 e. The van der Waals surface area contributed by atoms with Crippen LogP contribution in [0, 0.1) is 0 Å². The van der Waals surface area contributed by atoms with Crippen LogP contribution in [0.1, 0.15) is 36.2 Å². The molecule has 0 spiro atoms. The Morgan fingerprint density at radius 3 is 3.21 bits per heavy atom. The molecule has 0 aliphatic carbocycles. The highest BCUT2D eigenvalue weighted by Crippen LogP contribution is 2.17. The standard InChI is InChI=1S/C10H13NO2S/c12-10(9-6-14-7-11-9)5-8-3-1-2-4-13-8/h6-8H,1-5H2. The first-order chi connectivity index (χ1) is 6.86. The molecule has 14 heavy (non-hydrogen) atoms. The average Bonchev–Trinajstić information content (AvgIpc) is 2.72. The summed E-state index contributed by atoms with van der Waals surface area (Å²) in [6.07, 6.45) is 3.92. The van der Waals surface area contributed by atoms with Gasteiger partial charge in [-0.3, -0.25) is 4.79 Å². The van der Waals surface area contributed by atoms with Gasteiger partial charge in [-0.05, 0) is 19.3 Å². The molecule has 4 heteroatoms. The van der Waals surface area contributed by atoms with Crippen LogP contribution in [0.2, 0.25) is 0 Å². The number of thiazole rings is 1. The fourth-order valence-corrected chi connectivity index (χ4v) is 2.19. The number of Topliss-reactive ketones (excluding diaryl/α,β-unsaturated/α-hetero) is 1. The number of aromatic nitrogens is 1. The molecule has 0 saturated carbocycles. The maximum Gasteiger partial charge on any atom is 0.184 e. The molecular weight excluding hydrogens is 198 g/mol. The summed E-state index contributed by atoms with van der Waals surface area (Å²) in [6, 6.07) is 0. The Bertz CT molecular complexity index is 291. The molecule has 0 radical (unpaired) electrons. The third-order valence-electron chi connectivity index (χ3n) is 2.41. The van der Waals surface area contributed by atoms with E-state index in [0.717, 1.165) is 19.4 Å². The summed E-state index contributed by atoms with van der Waals surface area (Å²) in [4.78, 5) is 15.6. The van der Waals surface area contributed by atoms with Crippen LogP contribution in [0.3, 0.4) is 0 Å². The van der Waals surface area contributed by atoms with Crippen molar-refractivity contribution in [2.24, 2.45) is 0 Å². The molecule has 3 nitrogen and oxygen atoms in total. The summed E-state index contributed by atoms with van der Waals surface area (Å²) in [5.74, 6) is 0.109. The molecule has 0 N–H and O–H groups in total. The second-order valence-corrected chi connectivity index (χ2v) is 4.21. The first-order valence-electron chi connectivity index (χ1n) is 4.89. The van der Waals surface area contributed by atoms with E-state index in [0.29, 0.717) is 12.1 Å². The molecular formula is C10H13NO2S. The van der Waals surface area contributed by atoms with Crippen LogP contribution in [0.25, 0.3) is 0 Å². The summed E-state index contributed by atoms with van der Waals surface area (Å²) >= 11 is 1.46. The van der Waals surface area contributed by atoms with Crippen molar-refractivity contribution in [3.63, 3.8) is 0 Å². The zero-order valence-corrected chi connectivity index (χ0v) is 8.76. The van der Waals surface area contributed by atoms with Gasteiger partial charge in [0, 0.05) is 18.4 Å². The molecule has 1 unspecified atom stereocenters. The number of hydrogen-bond acceptors (Lipinski definition) is 4. The average molecular weight is 211 g/mol. The van der Waals surface area contributed by atoms with E-state index in [-0.39, 0.29) is 11.9 Å². The van der Waals surface area contributed by atoms with E-state index < -0.39 is 0 Å². The number of carbonyl (C=O) groups is 1. The van der Waals surface area contributed by atoms with Crippen molar-refractivity contribution >= 4 is 17.1 Å². The summed E-state index contributed by atoms with van der Waals surface area (Å²) in [5.41, 5.74) is 2.28. The molecule has 1 saturated heterocycles. The summed E-state index contributed by atoms with van der Waals surface area (Å²) in [6.45, 7) is 0.801. The molecule has 1 fully saturated rings. The van der Waals surface area contributed by atoms with Gasteiger partial charge >= 0.3 is 0 Å². The predicted molar refractivity (Wildman–Crippen MR) is 54.7 cm³/mol. The second kappa shape index (κ2) is 4.66. The molecule has 1 aromatic rings. The fraction of sp³-hybridized carbons (Fsp3) is 0.600. The Morgan fingerprint density at radius 2 is 2.57 bits per heavy atom. The summed E-state index contributed by atoms with van der Waals surface area (Å²) in [5, 5.41) is 1.80. The van der Waals surface area contributed by atoms with Gasteiger partial charge in [0.2, 0.25) is 0 Å². The third kappa shape index (κ3) is 2.39. The van der Waals surface area contributed by atoms with E-state index in [1.807, 2.05) is 0 Å². The lowest BCUT2D eigenvalue weighted by Gasteiger charge is -2.21. The lowest BCUT2D eigenvalue weighted by atomic mass is 10.0. The van der Waals surface area contributed by atoms with E-state index >= 15 is 0 Å². The maximum atomic E-state index is 11.6. The van der Waals surface area contributed by atoms with Crippen molar-refractivity contribution in [2.75, 3.05) is 6.61 Å². The normalized spacial score (nSPS) is 22.1. The topological polar surface area (TPSA) is 39.2 Å². The predicted octanol–water partition coefficient (Wildman–Crippen LogP) is 2.29. The van der Waals surface area contributed by atoms with Gasteiger partial charge in [0.05, 0.1) is 11.6 Å². The lowest BCUT2D eigenvalue weighted by Crippen LogP contribution is -2.22. The lowest BCUT2D eigenvalue weighted by molar-refractivity contribution is 0.0128. The molecule has 1 aromatic heterocycles. The van der Waals surface area contributed by atoms with Crippen molar-refractivity contribution in [1.82, 2.24) is 4.98 Å². The first-order valence-corrected chi connectivity index (χ1v) is 5.83. The molecule has 76 valence electrons. The fourth-order valence-electron chi connectivity index (χ4n) is 1.63. The Balaban J connectivity index is 1.87. The van der Waals surface area contributed by atoms with E-state index in [1.165, 1.54) is 17.8 Å². The minimum atomic E-state index is 0.109. The van der Waals surface area contributed by atoms with E-state index in [1.54, 1.807) is 10.9 Å². The van der Waals surface area contributed by atoms with Crippen LogP contribution in [-0.4, -0.2) is 23.5 Å². The van der Waals surface area contributed by atoms with Crippen LogP contribution in [-0.2, 0) is 4.74 Å². The van der Waals surface area contributed by atoms with Crippen molar-refractivity contribution in [2.45, 2.75) is 31.8 Å². The molecule has 0 amide bonds. The molecule has 1 aliphatic rings. The minimum absolute atomic E-state index is 0.109. The Morgan fingerprint density at radius 1 is 1.64 bits per heavy atom. The van der Waals surface area contributed by atoms with Crippen LogP contribution in [0.5, 0.6) is 0 Å². The molecule has 1 aliphatic heterocycles. The Hall–Kier alpha value is -0.740. The number of ether oxygens (including phenoxy) is 1. The number of carbonyl (C=O) groups excluding carboxylic acids is 1. The van der Waals surface area contributed by atoms with E-state index in [2.05, 4.69) is 4.98 Å². The van der Waals surface area contributed by atoms with Crippen molar-refractivity contribution in [1.29, 1.82) is 0 Å². The molecule has 1 atom stereocenters. The molecule has 0 bridgehead atoms. The van der Waals surface area contributed by atoms with Gasteiger partial charge in [0.15, 0.2) is 5.78 Å². The van der Waals surface area contributed by atoms with E-state index in [4.69, 9.17) is 4.74 Å². The van der Waals surface area contributed by atoms with Crippen LogP contribution >= 0.6 is 11.3 Å². The monoisotopic (exact) mass is 211 g/mol. The number of nitrogens with zero attached hydrogens (tertiary/aromatic N) is 1. The zero-order valence-electron chi connectivity index (χ0n) is 7.94. The number of rotatable bonds is 3. The van der Waals surface area contributed by atoms with Gasteiger partial charge in [-0.25, -0.2) is 4.98 Å². The Labute approximate surface area is 87.1 Å². The molecule has 0 aromatic carbocycles. The SMILES string of the molecule is O=C(CC1CCCCO1)c1cscn1. The minimum Gasteiger partial charge on any atom is -0.378 e. The van der Waals surface area contributed by atoms with Crippen LogP contribution < -0.4 is 0 Å². The van der Waals surface area contributed by atoms with Crippen molar-refractivity contribution < 1.29 is 9.53 Å². The quantitative estimate of drug-likeness (QED) is 0.720. The van der Waals surface area contributed by atoms with Crippen LogP contribution in [0.4, 0.5) is 0 Å². The Kier molecular flexibility index (Phi) is 3.26. The maximum absolute atomic E-state index is 11.6. The molecule has 2 heterocycles. The van der Waals surface area contributed by atoms with Gasteiger partial charge < -0.3 is 4.74 Å². The highest BCUT2D eigenvalue weighted by molar-refractivity contribution is 7.07. The first kappa shape index (κ1) is 9.80. The largest absolute Gasteiger partial charge is 0.378 e. The van der Waals surface area contributed by atoms with Crippen molar-refractivity contribution in [3.05, 3.63) is 16.6 Å². The highest BCUT2D eigenvalue weighted by Gasteiger charge is 2.19. The van der Waals surface area contributed by atoms with Gasteiger partial charge in [0.25, 0.3) is 0 Å². The summed E-state index contributed by atoms with van der Waals surface area (Å²) in [7, 11) is 0. The number of hydrogen-bond donors (Lipinski definition) is 0.